The van der Waals surface area contributed by atoms with Gasteiger partial charge in [0.2, 0.25) is 0 Å². The highest BCUT2D eigenvalue weighted by Gasteiger charge is 2.33. The molecule has 0 saturated heterocycles. The van der Waals surface area contributed by atoms with Crippen LogP contribution >= 0.6 is 0 Å². The maximum Gasteiger partial charge on any atom is 0.330 e. The average Bonchev–Trinajstić information content (AvgIpc) is 3.40. The van der Waals surface area contributed by atoms with Crippen LogP contribution in [0.25, 0.3) is 11.1 Å². The quantitative estimate of drug-likeness (QED) is 0.486. The number of hydrogen-bond donors (Lipinski definition) is 2. The van der Waals surface area contributed by atoms with E-state index in [-0.39, 0.29) is 30.1 Å². The van der Waals surface area contributed by atoms with Gasteiger partial charge in [0.15, 0.2) is 12.3 Å². The van der Waals surface area contributed by atoms with Gasteiger partial charge in [-0.05, 0) is 30.9 Å². The normalized spacial score (nSPS) is 13.6. The molecule has 0 spiro atoms. The van der Waals surface area contributed by atoms with Crippen LogP contribution in [0.15, 0.2) is 64.2 Å². The Bertz CT molecular complexity index is 1280. The molecule has 0 unspecified atom stereocenters. The zero-order valence-electron chi connectivity index (χ0n) is 20.0. The SMILES string of the molecule is CCCCn1c(N)c(N(C(=O)COc2ccccc2-c2ccccc2)C2CCCC2)c(=O)[nH]c1=O. The van der Waals surface area contributed by atoms with Gasteiger partial charge in [0.25, 0.3) is 11.5 Å². The molecule has 4 rings (SSSR count). The zero-order chi connectivity index (χ0) is 24.8. The summed E-state index contributed by atoms with van der Waals surface area (Å²) in [5, 5.41) is 0. The Morgan fingerprint density at radius 2 is 1.77 bits per heavy atom. The molecule has 1 saturated carbocycles. The highest BCUT2D eigenvalue weighted by molar-refractivity contribution is 5.97. The van der Waals surface area contributed by atoms with Crippen molar-refractivity contribution in [3.8, 4) is 16.9 Å². The summed E-state index contributed by atoms with van der Waals surface area (Å²) in [7, 11) is 0. The molecule has 3 aromatic rings. The second kappa shape index (κ2) is 11.1. The van der Waals surface area contributed by atoms with Crippen molar-refractivity contribution in [3.63, 3.8) is 0 Å². The van der Waals surface area contributed by atoms with Gasteiger partial charge in [-0.3, -0.25) is 24.0 Å². The van der Waals surface area contributed by atoms with Gasteiger partial charge in [0.05, 0.1) is 0 Å². The lowest BCUT2D eigenvalue weighted by atomic mass is 10.1. The number of benzene rings is 2. The van der Waals surface area contributed by atoms with Crippen molar-refractivity contribution in [1.82, 2.24) is 9.55 Å². The fraction of sp³-hybridized carbons (Fsp3) is 0.370. The van der Waals surface area contributed by atoms with E-state index in [1.54, 1.807) is 0 Å². The van der Waals surface area contributed by atoms with Crippen LogP contribution < -0.4 is 26.6 Å². The number of carbonyl (C=O) groups excluding carboxylic acids is 1. The summed E-state index contributed by atoms with van der Waals surface area (Å²) < 4.78 is 7.35. The fourth-order valence-electron chi connectivity index (χ4n) is 4.68. The molecule has 1 fully saturated rings. The van der Waals surface area contributed by atoms with E-state index in [9.17, 15) is 14.4 Å². The molecule has 0 radical (unpaired) electrons. The summed E-state index contributed by atoms with van der Waals surface area (Å²) in [6.45, 7) is 2.12. The van der Waals surface area contributed by atoms with Gasteiger partial charge >= 0.3 is 5.69 Å². The number of nitrogens with two attached hydrogens (primary N) is 1. The van der Waals surface area contributed by atoms with Crippen LogP contribution in [0.1, 0.15) is 45.4 Å². The minimum atomic E-state index is -0.648. The van der Waals surface area contributed by atoms with Crippen LogP contribution in [0.2, 0.25) is 0 Å². The Morgan fingerprint density at radius 3 is 2.49 bits per heavy atom. The molecule has 3 N–H and O–H groups in total. The molecule has 184 valence electrons. The van der Waals surface area contributed by atoms with Crippen molar-refractivity contribution in [2.45, 2.75) is 58.0 Å². The molecule has 2 aromatic carbocycles. The van der Waals surface area contributed by atoms with E-state index in [2.05, 4.69) is 4.98 Å². The molecular formula is C27H32N4O4. The summed E-state index contributed by atoms with van der Waals surface area (Å²) in [6.07, 6.45) is 5.03. The van der Waals surface area contributed by atoms with Gasteiger partial charge in [0, 0.05) is 18.2 Å². The number of nitrogen functional groups attached to an aromatic ring is 1. The number of aromatic nitrogens is 2. The standard InChI is InChI=1S/C27H32N4O4/c1-2-3-17-30-25(28)24(26(33)29-27(30)34)31(20-13-7-8-14-20)23(32)18-35-22-16-10-9-15-21(22)19-11-5-4-6-12-19/h4-6,9-12,15-16,20H,2-3,7-8,13-14,17-18,28H2,1H3,(H,29,33,34). The van der Waals surface area contributed by atoms with Crippen molar-refractivity contribution in [1.29, 1.82) is 0 Å². The molecule has 8 heteroatoms. The number of ether oxygens (including phenoxy) is 1. The zero-order valence-corrected chi connectivity index (χ0v) is 20.0. The maximum atomic E-state index is 13.6. The number of para-hydroxylation sites is 1. The van der Waals surface area contributed by atoms with E-state index >= 15 is 0 Å². The van der Waals surface area contributed by atoms with Crippen molar-refractivity contribution in [2.75, 3.05) is 17.2 Å². The third-order valence-electron chi connectivity index (χ3n) is 6.47. The number of rotatable bonds is 9. The summed E-state index contributed by atoms with van der Waals surface area (Å²) in [5.41, 5.74) is 7.03. The van der Waals surface area contributed by atoms with Gasteiger partial charge in [-0.25, -0.2) is 4.79 Å². The van der Waals surface area contributed by atoms with Gasteiger partial charge in [0.1, 0.15) is 11.6 Å². The minimum absolute atomic E-state index is 0.0251. The highest BCUT2D eigenvalue weighted by atomic mass is 16.5. The van der Waals surface area contributed by atoms with Crippen molar-refractivity contribution in [2.24, 2.45) is 0 Å². The molecule has 1 heterocycles. The lowest BCUT2D eigenvalue weighted by molar-refractivity contribution is -0.121. The summed E-state index contributed by atoms with van der Waals surface area (Å²) in [6, 6.07) is 17.2. The third kappa shape index (κ3) is 5.31. The third-order valence-corrected chi connectivity index (χ3v) is 6.47. The summed E-state index contributed by atoms with van der Waals surface area (Å²) in [5.74, 6) is 0.239. The molecule has 8 nitrogen and oxygen atoms in total. The van der Waals surface area contributed by atoms with E-state index < -0.39 is 11.2 Å². The monoisotopic (exact) mass is 476 g/mol. The number of nitrogens with zero attached hydrogens (tertiary/aromatic N) is 2. The number of H-pyrrole nitrogens is 1. The first-order valence-corrected chi connectivity index (χ1v) is 12.2. The number of hydrogen-bond acceptors (Lipinski definition) is 5. The molecule has 1 aliphatic carbocycles. The van der Waals surface area contributed by atoms with Crippen LogP contribution in [-0.2, 0) is 11.3 Å². The van der Waals surface area contributed by atoms with E-state index in [4.69, 9.17) is 10.5 Å². The first-order valence-electron chi connectivity index (χ1n) is 12.2. The van der Waals surface area contributed by atoms with Crippen molar-refractivity contribution >= 4 is 17.4 Å². The van der Waals surface area contributed by atoms with Crippen molar-refractivity contribution in [3.05, 3.63) is 75.4 Å². The number of carbonyl (C=O) groups is 1. The van der Waals surface area contributed by atoms with Crippen LogP contribution in [0.5, 0.6) is 5.75 Å². The van der Waals surface area contributed by atoms with Gasteiger partial charge in [-0.15, -0.1) is 0 Å². The van der Waals surface area contributed by atoms with Crippen LogP contribution in [0.3, 0.4) is 0 Å². The molecule has 1 amide bonds. The largest absolute Gasteiger partial charge is 0.483 e. The lowest BCUT2D eigenvalue weighted by Gasteiger charge is -2.30. The molecule has 35 heavy (non-hydrogen) atoms. The van der Waals surface area contributed by atoms with Crippen LogP contribution in [0.4, 0.5) is 11.5 Å². The van der Waals surface area contributed by atoms with E-state index in [0.717, 1.165) is 49.7 Å². The topological polar surface area (TPSA) is 110 Å². The molecule has 1 aliphatic rings. The van der Waals surface area contributed by atoms with Crippen LogP contribution in [0, 0.1) is 0 Å². The highest BCUT2D eigenvalue weighted by Crippen LogP contribution is 2.31. The molecule has 0 atom stereocenters. The smallest absolute Gasteiger partial charge is 0.330 e. The molecule has 0 aliphatic heterocycles. The second-order valence-electron chi connectivity index (χ2n) is 8.85. The Balaban J connectivity index is 1.66. The molecule has 0 bridgehead atoms. The Labute approximate surface area is 204 Å². The number of nitrogens with one attached hydrogen (secondary N) is 1. The van der Waals surface area contributed by atoms with Gasteiger partial charge in [-0.1, -0.05) is 74.7 Å². The molecular weight excluding hydrogens is 444 g/mol. The molecule has 1 aromatic heterocycles. The van der Waals surface area contributed by atoms with E-state index in [0.29, 0.717) is 12.3 Å². The van der Waals surface area contributed by atoms with Gasteiger partial charge < -0.3 is 10.5 Å². The Kier molecular flexibility index (Phi) is 7.70. The van der Waals surface area contributed by atoms with E-state index in [1.165, 1.54) is 9.47 Å². The second-order valence-corrected chi connectivity index (χ2v) is 8.85. The first-order chi connectivity index (χ1) is 17.0. The summed E-state index contributed by atoms with van der Waals surface area (Å²) in [4.78, 5) is 42.7. The first kappa shape index (κ1) is 24.3. The lowest BCUT2D eigenvalue weighted by Crippen LogP contribution is -2.47. The number of unbranched alkanes of at least 4 members (excludes halogenated alkanes) is 1. The van der Waals surface area contributed by atoms with Crippen molar-refractivity contribution < 1.29 is 9.53 Å². The predicted octanol–water partition coefficient (Wildman–Crippen LogP) is 3.94. The fourth-order valence-corrected chi connectivity index (χ4v) is 4.68. The summed E-state index contributed by atoms with van der Waals surface area (Å²) >= 11 is 0. The van der Waals surface area contributed by atoms with E-state index in [1.807, 2.05) is 61.5 Å². The number of aromatic amines is 1. The predicted molar refractivity (Wildman–Crippen MR) is 138 cm³/mol. The average molecular weight is 477 g/mol. The van der Waals surface area contributed by atoms with Gasteiger partial charge in [-0.2, -0.15) is 0 Å². The Morgan fingerprint density at radius 1 is 1.09 bits per heavy atom. The number of amides is 1. The minimum Gasteiger partial charge on any atom is -0.483 e. The Hall–Kier alpha value is -3.81. The van der Waals surface area contributed by atoms with Crippen LogP contribution in [-0.4, -0.2) is 28.1 Å². The number of anilines is 2. The maximum absolute atomic E-state index is 13.6.